The van der Waals surface area contributed by atoms with Crippen LogP contribution in [0.25, 0.3) is 10.6 Å². The fourth-order valence-electron chi connectivity index (χ4n) is 1.93. The van der Waals surface area contributed by atoms with Crippen molar-refractivity contribution in [2.75, 3.05) is 0 Å². The van der Waals surface area contributed by atoms with Crippen molar-refractivity contribution < 1.29 is 17.2 Å². The van der Waals surface area contributed by atoms with Crippen LogP contribution < -0.4 is 4.72 Å². The molecule has 2 heterocycles. The van der Waals surface area contributed by atoms with Crippen LogP contribution in [-0.2, 0) is 16.6 Å². The Kier molecular flexibility index (Phi) is 4.10. The summed E-state index contributed by atoms with van der Waals surface area (Å²) in [5, 5.41) is 1.93. The minimum absolute atomic E-state index is 0.0396. The van der Waals surface area contributed by atoms with Gasteiger partial charge in [0.05, 0.1) is 11.4 Å². The Balaban J connectivity index is 1.74. The van der Waals surface area contributed by atoms with Crippen molar-refractivity contribution in [3.63, 3.8) is 0 Å². The molecule has 0 saturated carbocycles. The van der Waals surface area contributed by atoms with Gasteiger partial charge in [0.1, 0.15) is 22.2 Å². The Morgan fingerprint density at radius 2 is 1.91 bits per heavy atom. The summed E-state index contributed by atoms with van der Waals surface area (Å²) < 4.78 is 45.6. The molecule has 3 rings (SSSR count). The topological polar surface area (TPSA) is 59.3 Å². The highest BCUT2D eigenvalue weighted by Crippen LogP contribution is 2.26. The third kappa shape index (κ3) is 3.11. The van der Waals surface area contributed by atoms with Crippen LogP contribution in [-0.4, -0.2) is 8.42 Å². The first kappa shape index (κ1) is 15.0. The van der Waals surface area contributed by atoms with Gasteiger partial charge in [0, 0.05) is 0 Å². The number of hydrogen-bond acceptors (Lipinski definition) is 4. The second-order valence-electron chi connectivity index (χ2n) is 4.50. The second kappa shape index (κ2) is 6.04. The average Bonchev–Trinajstić information content (AvgIpc) is 3.17. The molecule has 0 aliphatic heterocycles. The third-order valence-corrected chi connectivity index (χ3v) is 5.31. The number of rotatable bonds is 5. The zero-order valence-corrected chi connectivity index (χ0v) is 13.0. The van der Waals surface area contributed by atoms with Gasteiger partial charge in [-0.25, -0.2) is 17.5 Å². The molecule has 0 unspecified atom stereocenters. The van der Waals surface area contributed by atoms with Crippen molar-refractivity contribution >= 4 is 21.4 Å². The maximum Gasteiger partial charge on any atom is 0.243 e. The quantitative estimate of drug-likeness (QED) is 0.773. The largest absolute Gasteiger partial charge is 0.459 e. The summed E-state index contributed by atoms with van der Waals surface area (Å²) in [6, 6.07) is 12.5. The Bertz CT molecular complexity index is 870. The number of hydrogen-bond donors (Lipinski definition) is 1. The lowest BCUT2D eigenvalue weighted by molar-refractivity contribution is 0.507. The summed E-state index contributed by atoms with van der Waals surface area (Å²) >= 11 is 1.53. The van der Waals surface area contributed by atoms with Crippen LogP contribution in [0.1, 0.15) is 5.76 Å². The van der Waals surface area contributed by atoms with Crippen LogP contribution >= 0.6 is 11.3 Å². The zero-order chi connectivity index (χ0) is 15.6. The SMILES string of the molecule is O=S(=O)(NCc1ccc(-c2cccs2)o1)c1ccccc1F. The molecule has 1 N–H and O–H groups in total. The molecule has 0 fully saturated rings. The molecule has 2 aromatic heterocycles. The summed E-state index contributed by atoms with van der Waals surface area (Å²) in [6.07, 6.45) is 0. The highest BCUT2D eigenvalue weighted by Gasteiger charge is 2.18. The fraction of sp³-hybridized carbons (Fsp3) is 0.0667. The molecule has 0 aliphatic carbocycles. The van der Waals surface area contributed by atoms with Gasteiger partial charge in [-0.2, -0.15) is 0 Å². The van der Waals surface area contributed by atoms with E-state index in [1.807, 2.05) is 17.5 Å². The summed E-state index contributed by atoms with van der Waals surface area (Å²) in [5.41, 5.74) is 0. The lowest BCUT2D eigenvalue weighted by Gasteiger charge is -2.06. The van der Waals surface area contributed by atoms with Crippen molar-refractivity contribution in [1.29, 1.82) is 0 Å². The number of thiophene rings is 1. The van der Waals surface area contributed by atoms with Crippen molar-refractivity contribution in [2.45, 2.75) is 11.4 Å². The molecule has 1 aromatic carbocycles. The first-order valence-electron chi connectivity index (χ1n) is 6.43. The summed E-state index contributed by atoms with van der Waals surface area (Å²) in [6.45, 7) is -0.0396. The molecule has 0 spiro atoms. The van der Waals surface area contributed by atoms with Crippen LogP contribution in [0.5, 0.6) is 0 Å². The lowest BCUT2D eigenvalue weighted by atomic mass is 10.3. The number of halogens is 1. The van der Waals surface area contributed by atoms with Crippen LogP contribution in [0.4, 0.5) is 4.39 Å². The van der Waals surface area contributed by atoms with Gasteiger partial charge >= 0.3 is 0 Å². The molecule has 0 radical (unpaired) electrons. The maximum atomic E-state index is 13.6. The Morgan fingerprint density at radius 3 is 2.64 bits per heavy atom. The number of benzene rings is 1. The first-order chi connectivity index (χ1) is 10.6. The van der Waals surface area contributed by atoms with E-state index in [-0.39, 0.29) is 11.4 Å². The minimum atomic E-state index is -3.92. The molecule has 4 nitrogen and oxygen atoms in total. The van der Waals surface area contributed by atoms with E-state index in [0.717, 1.165) is 10.9 Å². The van der Waals surface area contributed by atoms with E-state index in [0.29, 0.717) is 11.5 Å². The normalized spacial score (nSPS) is 11.7. The molecule has 114 valence electrons. The van der Waals surface area contributed by atoms with E-state index in [9.17, 15) is 12.8 Å². The van der Waals surface area contributed by atoms with E-state index in [1.54, 1.807) is 12.1 Å². The predicted molar refractivity (Wildman–Crippen MR) is 82.4 cm³/mol. The van der Waals surface area contributed by atoms with Crippen LogP contribution in [0.3, 0.4) is 0 Å². The Hall–Kier alpha value is -1.96. The van der Waals surface area contributed by atoms with Crippen molar-refractivity contribution in [2.24, 2.45) is 0 Å². The molecular formula is C15H12FNO3S2. The van der Waals surface area contributed by atoms with Gasteiger partial charge in [0.25, 0.3) is 0 Å². The lowest BCUT2D eigenvalue weighted by Crippen LogP contribution is -2.23. The molecular weight excluding hydrogens is 325 g/mol. The van der Waals surface area contributed by atoms with Gasteiger partial charge in [-0.3, -0.25) is 0 Å². The molecule has 3 aromatic rings. The predicted octanol–water partition coefficient (Wildman–Crippen LogP) is 3.63. The Morgan fingerprint density at radius 1 is 1.09 bits per heavy atom. The Labute approximate surface area is 131 Å². The monoisotopic (exact) mass is 337 g/mol. The molecule has 0 aliphatic rings. The van der Waals surface area contributed by atoms with Crippen molar-refractivity contribution in [3.8, 4) is 10.6 Å². The van der Waals surface area contributed by atoms with Crippen LogP contribution in [0, 0.1) is 5.82 Å². The van der Waals surface area contributed by atoms with Gasteiger partial charge in [-0.15, -0.1) is 11.3 Å². The summed E-state index contributed by atoms with van der Waals surface area (Å²) in [5.74, 6) is 0.354. The van der Waals surface area contributed by atoms with E-state index in [2.05, 4.69) is 4.72 Å². The maximum absolute atomic E-state index is 13.6. The molecule has 7 heteroatoms. The second-order valence-corrected chi connectivity index (χ2v) is 7.18. The van der Waals surface area contributed by atoms with Crippen LogP contribution in [0.15, 0.2) is 63.2 Å². The number of sulfonamides is 1. The van der Waals surface area contributed by atoms with E-state index in [4.69, 9.17) is 4.42 Å². The summed E-state index contributed by atoms with van der Waals surface area (Å²) in [7, 11) is -3.92. The van der Waals surface area contributed by atoms with E-state index < -0.39 is 15.8 Å². The fourth-order valence-corrected chi connectivity index (χ4v) is 3.69. The molecule has 0 saturated heterocycles. The third-order valence-electron chi connectivity index (χ3n) is 2.99. The van der Waals surface area contributed by atoms with Gasteiger partial charge in [0.15, 0.2) is 0 Å². The standard InChI is InChI=1S/C15H12FNO3S2/c16-12-4-1-2-6-15(12)22(18,19)17-10-11-7-8-13(20-11)14-5-3-9-21-14/h1-9,17H,10H2. The van der Waals surface area contributed by atoms with Crippen molar-refractivity contribution in [3.05, 3.63) is 65.5 Å². The van der Waals surface area contributed by atoms with Crippen molar-refractivity contribution in [1.82, 2.24) is 4.72 Å². The van der Waals surface area contributed by atoms with E-state index in [1.165, 1.54) is 29.5 Å². The minimum Gasteiger partial charge on any atom is -0.459 e. The highest BCUT2D eigenvalue weighted by atomic mass is 32.2. The van der Waals surface area contributed by atoms with Gasteiger partial charge < -0.3 is 4.42 Å². The van der Waals surface area contributed by atoms with E-state index >= 15 is 0 Å². The molecule has 0 atom stereocenters. The first-order valence-corrected chi connectivity index (χ1v) is 8.79. The number of nitrogens with one attached hydrogen (secondary N) is 1. The number of furan rings is 1. The van der Waals surface area contributed by atoms with Crippen LogP contribution in [0.2, 0.25) is 0 Å². The van der Waals surface area contributed by atoms with Gasteiger partial charge in [0.2, 0.25) is 10.0 Å². The zero-order valence-electron chi connectivity index (χ0n) is 11.3. The van der Waals surface area contributed by atoms with Gasteiger partial charge in [-0.05, 0) is 35.7 Å². The molecule has 0 bridgehead atoms. The molecule has 22 heavy (non-hydrogen) atoms. The molecule has 0 amide bonds. The smallest absolute Gasteiger partial charge is 0.243 e. The van der Waals surface area contributed by atoms with Gasteiger partial charge in [-0.1, -0.05) is 18.2 Å². The highest BCUT2D eigenvalue weighted by molar-refractivity contribution is 7.89. The summed E-state index contributed by atoms with van der Waals surface area (Å²) in [4.78, 5) is 0.586. The average molecular weight is 337 g/mol.